The highest BCUT2D eigenvalue weighted by molar-refractivity contribution is 9.11. The fourth-order valence-electron chi connectivity index (χ4n) is 1.24. The fourth-order valence-corrected chi connectivity index (χ4v) is 2.61. The number of hydrogen-bond acceptors (Lipinski definition) is 2. The quantitative estimate of drug-likeness (QED) is 0.870. The first-order chi connectivity index (χ1) is 7.69. The van der Waals surface area contributed by atoms with E-state index in [0.717, 1.165) is 26.7 Å². The summed E-state index contributed by atoms with van der Waals surface area (Å²) in [6, 6.07) is 3.91. The molecule has 0 aliphatic rings. The Hall–Kier alpha value is -0.320. The maximum atomic E-state index is 8.78. The Morgan fingerprint density at radius 1 is 1.38 bits per heavy atom. The van der Waals surface area contributed by atoms with Gasteiger partial charge < -0.3 is 9.84 Å². The lowest BCUT2D eigenvalue weighted by Gasteiger charge is -2.11. The SMILES string of the molecule is CCCOc1c(Br)cc(Br)cc1C=CCO. The molecule has 0 aromatic heterocycles. The van der Waals surface area contributed by atoms with Crippen molar-refractivity contribution in [3.63, 3.8) is 0 Å². The van der Waals surface area contributed by atoms with Gasteiger partial charge in [-0.05, 0) is 34.5 Å². The predicted octanol–water partition coefficient (Wildman–Crippen LogP) is 4.01. The lowest BCUT2D eigenvalue weighted by atomic mass is 10.2. The molecule has 4 heteroatoms. The van der Waals surface area contributed by atoms with Crippen molar-refractivity contribution in [2.75, 3.05) is 13.2 Å². The van der Waals surface area contributed by atoms with E-state index in [4.69, 9.17) is 9.84 Å². The molecule has 0 unspecified atom stereocenters. The van der Waals surface area contributed by atoms with Crippen LogP contribution in [-0.2, 0) is 0 Å². The third kappa shape index (κ3) is 3.92. The van der Waals surface area contributed by atoms with Gasteiger partial charge in [0.1, 0.15) is 5.75 Å². The molecule has 0 spiro atoms. The molecule has 1 aromatic carbocycles. The van der Waals surface area contributed by atoms with E-state index < -0.39 is 0 Å². The van der Waals surface area contributed by atoms with Crippen LogP contribution in [-0.4, -0.2) is 18.3 Å². The molecule has 0 bridgehead atoms. The molecule has 0 amide bonds. The van der Waals surface area contributed by atoms with Crippen LogP contribution in [0.2, 0.25) is 0 Å². The molecule has 0 heterocycles. The summed E-state index contributed by atoms with van der Waals surface area (Å²) in [4.78, 5) is 0. The van der Waals surface area contributed by atoms with Crippen LogP contribution < -0.4 is 4.74 Å². The summed E-state index contributed by atoms with van der Waals surface area (Å²) in [7, 11) is 0. The maximum absolute atomic E-state index is 8.78. The fraction of sp³-hybridized carbons (Fsp3) is 0.333. The molecule has 0 radical (unpaired) electrons. The van der Waals surface area contributed by atoms with Crippen LogP contribution in [0.5, 0.6) is 5.75 Å². The highest BCUT2D eigenvalue weighted by Crippen LogP contribution is 2.33. The first-order valence-corrected chi connectivity index (χ1v) is 6.67. The summed E-state index contributed by atoms with van der Waals surface area (Å²) < 4.78 is 7.55. The second kappa shape index (κ2) is 7.09. The molecule has 0 atom stereocenters. The lowest BCUT2D eigenvalue weighted by molar-refractivity contribution is 0.314. The zero-order valence-electron chi connectivity index (χ0n) is 9.04. The zero-order chi connectivity index (χ0) is 12.0. The van der Waals surface area contributed by atoms with Crippen LogP contribution in [0.15, 0.2) is 27.2 Å². The molecule has 0 saturated carbocycles. The first kappa shape index (κ1) is 13.7. The Kier molecular flexibility index (Phi) is 6.09. The van der Waals surface area contributed by atoms with Crippen molar-refractivity contribution in [3.8, 4) is 5.75 Å². The minimum absolute atomic E-state index is 0.0251. The van der Waals surface area contributed by atoms with Crippen molar-refractivity contribution in [1.29, 1.82) is 0 Å². The number of aliphatic hydroxyl groups is 1. The van der Waals surface area contributed by atoms with Gasteiger partial charge in [-0.3, -0.25) is 0 Å². The summed E-state index contributed by atoms with van der Waals surface area (Å²) >= 11 is 6.89. The van der Waals surface area contributed by atoms with Crippen LogP contribution in [0.1, 0.15) is 18.9 Å². The third-order valence-electron chi connectivity index (χ3n) is 1.89. The van der Waals surface area contributed by atoms with Gasteiger partial charge in [0.05, 0.1) is 17.7 Å². The van der Waals surface area contributed by atoms with Crippen LogP contribution in [0, 0.1) is 0 Å². The van der Waals surface area contributed by atoms with E-state index in [2.05, 4.69) is 38.8 Å². The van der Waals surface area contributed by atoms with Crippen molar-refractivity contribution >= 4 is 37.9 Å². The molecular formula is C12H14Br2O2. The van der Waals surface area contributed by atoms with E-state index in [9.17, 15) is 0 Å². The smallest absolute Gasteiger partial charge is 0.140 e. The van der Waals surface area contributed by atoms with Gasteiger partial charge in [0, 0.05) is 10.0 Å². The monoisotopic (exact) mass is 348 g/mol. The van der Waals surface area contributed by atoms with Gasteiger partial charge >= 0.3 is 0 Å². The molecule has 0 aliphatic heterocycles. The molecule has 16 heavy (non-hydrogen) atoms. The predicted molar refractivity (Wildman–Crippen MR) is 73.7 cm³/mol. The average Bonchev–Trinajstić information content (AvgIpc) is 2.24. The molecule has 1 aromatic rings. The van der Waals surface area contributed by atoms with Gasteiger partial charge in [0.15, 0.2) is 0 Å². The number of halogens is 2. The van der Waals surface area contributed by atoms with Gasteiger partial charge in [0.25, 0.3) is 0 Å². The largest absolute Gasteiger partial charge is 0.492 e. The van der Waals surface area contributed by atoms with Crippen LogP contribution >= 0.6 is 31.9 Å². The second-order valence-electron chi connectivity index (χ2n) is 3.24. The third-order valence-corrected chi connectivity index (χ3v) is 2.94. The van der Waals surface area contributed by atoms with E-state index >= 15 is 0 Å². The van der Waals surface area contributed by atoms with Gasteiger partial charge in [0.2, 0.25) is 0 Å². The molecular weight excluding hydrogens is 336 g/mol. The molecule has 0 fully saturated rings. The number of benzene rings is 1. The topological polar surface area (TPSA) is 29.5 Å². The van der Waals surface area contributed by atoms with Gasteiger partial charge in [-0.15, -0.1) is 0 Å². The van der Waals surface area contributed by atoms with E-state index in [1.165, 1.54) is 0 Å². The Bertz CT molecular complexity index is 376. The van der Waals surface area contributed by atoms with E-state index in [1.807, 2.05) is 18.2 Å². The average molecular weight is 350 g/mol. The molecule has 1 rings (SSSR count). The zero-order valence-corrected chi connectivity index (χ0v) is 12.2. The summed E-state index contributed by atoms with van der Waals surface area (Å²) in [5, 5.41) is 8.78. The molecule has 2 nitrogen and oxygen atoms in total. The summed E-state index contributed by atoms with van der Waals surface area (Å²) in [5.74, 6) is 0.815. The summed E-state index contributed by atoms with van der Waals surface area (Å²) in [5.41, 5.74) is 0.948. The van der Waals surface area contributed by atoms with Crippen LogP contribution in [0.25, 0.3) is 6.08 Å². The van der Waals surface area contributed by atoms with Crippen molar-refractivity contribution in [2.45, 2.75) is 13.3 Å². The molecule has 88 valence electrons. The summed E-state index contributed by atoms with van der Waals surface area (Å²) in [6.45, 7) is 2.77. The number of rotatable bonds is 5. The lowest BCUT2D eigenvalue weighted by Crippen LogP contribution is -1.98. The first-order valence-electron chi connectivity index (χ1n) is 5.08. The standard InChI is InChI=1S/C12H14Br2O2/c1-2-6-16-12-9(4-3-5-15)7-10(13)8-11(12)14/h3-4,7-8,15H,2,5-6H2,1H3. The van der Waals surface area contributed by atoms with Crippen molar-refractivity contribution < 1.29 is 9.84 Å². The Balaban J connectivity index is 3.05. The highest BCUT2D eigenvalue weighted by atomic mass is 79.9. The molecule has 1 N–H and O–H groups in total. The van der Waals surface area contributed by atoms with E-state index in [-0.39, 0.29) is 6.61 Å². The van der Waals surface area contributed by atoms with Gasteiger partial charge in [-0.25, -0.2) is 0 Å². The molecule has 0 aliphatic carbocycles. The minimum atomic E-state index is 0.0251. The van der Waals surface area contributed by atoms with Crippen molar-refractivity contribution in [2.24, 2.45) is 0 Å². The Labute approximate surface area is 113 Å². The van der Waals surface area contributed by atoms with Crippen molar-refractivity contribution in [1.82, 2.24) is 0 Å². The Morgan fingerprint density at radius 2 is 2.12 bits per heavy atom. The number of hydrogen-bond donors (Lipinski definition) is 1. The van der Waals surface area contributed by atoms with Gasteiger partial charge in [-0.2, -0.15) is 0 Å². The minimum Gasteiger partial charge on any atom is -0.492 e. The van der Waals surface area contributed by atoms with Crippen LogP contribution in [0.4, 0.5) is 0 Å². The Morgan fingerprint density at radius 3 is 2.75 bits per heavy atom. The second-order valence-corrected chi connectivity index (χ2v) is 5.01. The van der Waals surface area contributed by atoms with E-state index in [1.54, 1.807) is 6.08 Å². The van der Waals surface area contributed by atoms with Crippen LogP contribution in [0.3, 0.4) is 0 Å². The normalized spacial score (nSPS) is 11.0. The number of ether oxygens (including phenoxy) is 1. The summed E-state index contributed by atoms with van der Waals surface area (Å²) in [6.07, 6.45) is 4.50. The molecule has 0 saturated heterocycles. The van der Waals surface area contributed by atoms with E-state index in [0.29, 0.717) is 6.61 Å². The maximum Gasteiger partial charge on any atom is 0.140 e. The number of aliphatic hydroxyl groups excluding tert-OH is 1. The van der Waals surface area contributed by atoms with Crippen molar-refractivity contribution in [3.05, 3.63) is 32.7 Å². The highest BCUT2D eigenvalue weighted by Gasteiger charge is 2.07. The van der Waals surface area contributed by atoms with Gasteiger partial charge in [-0.1, -0.05) is 35.0 Å².